The molecule has 0 aliphatic heterocycles. The van der Waals surface area contributed by atoms with Gasteiger partial charge in [-0.25, -0.2) is 4.79 Å². The highest BCUT2D eigenvalue weighted by Gasteiger charge is 2.14. The predicted molar refractivity (Wildman–Crippen MR) is 52.2 cm³/mol. The van der Waals surface area contributed by atoms with E-state index in [1.54, 1.807) is 0 Å². The number of hydrogen-bond acceptors (Lipinski definition) is 4. The molecule has 80 valence electrons. The lowest BCUT2D eigenvalue weighted by Gasteiger charge is -2.03. The molecule has 7 heteroatoms. The van der Waals surface area contributed by atoms with Gasteiger partial charge in [-0.05, 0) is 6.08 Å². The molecule has 0 unspecified atom stereocenters. The quantitative estimate of drug-likeness (QED) is 0.337. The Morgan fingerprint density at radius 3 is 2.29 bits per heavy atom. The lowest BCUT2D eigenvalue weighted by Crippen LogP contribution is -2.09. The highest BCUT2D eigenvalue weighted by atomic mass is 35.6. The highest BCUT2D eigenvalue weighted by molar-refractivity contribution is 6.69. The maximum atomic E-state index is 10.8. The fraction of sp³-hybridized carbons (Fsp3) is 0.429. The lowest BCUT2D eigenvalue weighted by atomic mass is 10.5. The Bertz CT molecular complexity index is 244. The molecular formula is C7H7Cl3O4. The molecule has 0 rings (SSSR count). The number of carbonyl (C=O) groups is 2. The van der Waals surface area contributed by atoms with Crippen LogP contribution in [0, 0.1) is 0 Å². The molecule has 0 fully saturated rings. The summed E-state index contributed by atoms with van der Waals surface area (Å²) in [6, 6.07) is 0. The van der Waals surface area contributed by atoms with Crippen molar-refractivity contribution in [3.8, 4) is 0 Å². The van der Waals surface area contributed by atoms with E-state index in [2.05, 4.69) is 9.47 Å². The van der Waals surface area contributed by atoms with Gasteiger partial charge in [0.1, 0.15) is 0 Å². The second kappa shape index (κ2) is 6.11. The van der Waals surface area contributed by atoms with Crippen LogP contribution >= 0.6 is 34.8 Å². The molecule has 0 atom stereocenters. The first-order valence-electron chi connectivity index (χ1n) is 3.37. The first-order valence-corrected chi connectivity index (χ1v) is 4.51. The van der Waals surface area contributed by atoms with Crippen molar-refractivity contribution < 1.29 is 19.1 Å². The van der Waals surface area contributed by atoms with Crippen LogP contribution in [0.3, 0.4) is 0 Å². The molecule has 0 saturated heterocycles. The Balaban J connectivity index is 3.77. The van der Waals surface area contributed by atoms with Gasteiger partial charge in [0.25, 0.3) is 0 Å². The molecule has 0 amide bonds. The third-order valence-electron chi connectivity index (χ3n) is 0.872. The van der Waals surface area contributed by atoms with E-state index >= 15 is 0 Å². The van der Waals surface area contributed by atoms with E-state index in [0.717, 1.165) is 12.2 Å². The summed E-state index contributed by atoms with van der Waals surface area (Å²) < 4.78 is 7.08. The maximum Gasteiger partial charge on any atom is 0.333 e. The van der Waals surface area contributed by atoms with Crippen molar-refractivity contribution in [2.75, 3.05) is 6.79 Å². The number of rotatable bonds is 3. The van der Waals surface area contributed by atoms with E-state index in [9.17, 15) is 9.59 Å². The van der Waals surface area contributed by atoms with Crippen LogP contribution in [0.15, 0.2) is 12.2 Å². The summed E-state index contributed by atoms with van der Waals surface area (Å²) in [6.07, 6.45) is 1.95. The van der Waals surface area contributed by atoms with Gasteiger partial charge in [0.2, 0.25) is 10.6 Å². The van der Waals surface area contributed by atoms with Crippen LogP contribution in [0.1, 0.15) is 6.92 Å². The van der Waals surface area contributed by atoms with Crippen LogP contribution in [0.5, 0.6) is 0 Å². The number of alkyl halides is 3. The molecule has 0 saturated carbocycles. The molecule has 4 nitrogen and oxygen atoms in total. The fourth-order valence-corrected chi connectivity index (χ4v) is 0.570. The van der Waals surface area contributed by atoms with E-state index in [0.29, 0.717) is 0 Å². The minimum Gasteiger partial charge on any atom is -0.428 e. The number of ether oxygens (including phenoxy) is 2. The normalized spacial score (nSPS) is 11.4. The standard InChI is InChI=1S/C7H7Cl3O4/c1-5(11)13-4-14-6(12)2-3-7(8,9)10/h2-3H,4H2,1H3. The second-order valence-corrected chi connectivity index (χ2v) is 4.46. The van der Waals surface area contributed by atoms with Gasteiger partial charge in [-0.3, -0.25) is 4.79 Å². The molecule has 0 aliphatic carbocycles. The maximum absolute atomic E-state index is 10.8. The van der Waals surface area contributed by atoms with Crippen LogP contribution in [0.25, 0.3) is 0 Å². The van der Waals surface area contributed by atoms with Gasteiger partial charge in [-0.2, -0.15) is 0 Å². The van der Waals surface area contributed by atoms with Crippen molar-refractivity contribution in [2.45, 2.75) is 10.7 Å². The monoisotopic (exact) mass is 260 g/mol. The van der Waals surface area contributed by atoms with Gasteiger partial charge in [-0.15, -0.1) is 0 Å². The van der Waals surface area contributed by atoms with Crippen molar-refractivity contribution in [2.24, 2.45) is 0 Å². The van der Waals surface area contributed by atoms with Crippen molar-refractivity contribution in [3.63, 3.8) is 0 Å². The van der Waals surface area contributed by atoms with E-state index in [-0.39, 0.29) is 0 Å². The van der Waals surface area contributed by atoms with Gasteiger partial charge in [0.05, 0.1) is 0 Å². The minimum absolute atomic E-state index is 0.460. The molecule has 0 bridgehead atoms. The first-order chi connectivity index (χ1) is 6.31. The van der Waals surface area contributed by atoms with Crippen LogP contribution in [-0.2, 0) is 19.1 Å². The topological polar surface area (TPSA) is 52.6 Å². The summed E-state index contributed by atoms with van der Waals surface area (Å²) in [5, 5.41) is 0. The summed E-state index contributed by atoms with van der Waals surface area (Å²) in [4.78, 5) is 21.0. The number of hydrogen-bond donors (Lipinski definition) is 0. The zero-order valence-electron chi connectivity index (χ0n) is 7.13. The SMILES string of the molecule is CC(=O)OCOC(=O)C=CC(Cl)(Cl)Cl. The Hall–Kier alpha value is -0.450. The average Bonchev–Trinajstić information content (AvgIpc) is 1.99. The number of allylic oxidation sites excluding steroid dienone is 1. The van der Waals surface area contributed by atoms with Gasteiger partial charge in [0, 0.05) is 13.0 Å². The van der Waals surface area contributed by atoms with E-state index in [1.165, 1.54) is 6.92 Å². The molecule has 0 aliphatic rings. The average molecular weight is 261 g/mol. The summed E-state index contributed by atoms with van der Waals surface area (Å²) in [7, 11) is 0. The van der Waals surface area contributed by atoms with Gasteiger partial charge in [-0.1, -0.05) is 34.8 Å². The molecule has 0 spiro atoms. The lowest BCUT2D eigenvalue weighted by molar-refractivity contribution is -0.162. The van der Waals surface area contributed by atoms with E-state index in [1.807, 2.05) is 0 Å². The van der Waals surface area contributed by atoms with Crippen LogP contribution in [0.4, 0.5) is 0 Å². The number of carbonyl (C=O) groups excluding carboxylic acids is 2. The van der Waals surface area contributed by atoms with Crippen molar-refractivity contribution in [1.29, 1.82) is 0 Å². The van der Waals surface area contributed by atoms with Crippen molar-refractivity contribution in [3.05, 3.63) is 12.2 Å². The van der Waals surface area contributed by atoms with Crippen molar-refractivity contribution in [1.82, 2.24) is 0 Å². The summed E-state index contributed by atoms with van der Waals surface area (Å²) in [6.45, 7) is 0.726. The van der Waals surface area contributed by atoms with E-state index in [4.69, 9.17) is 34.8 Å². The van der Waals surface area contributed by atoms with Crippen molar-refractivity contribution >= 4 is 46.7 Å². The van der Waals surface area contributed by atoms with Gasteiger partial charge >= 0.3 is 11.9 Å². The summed E-state index contributed by atoms with van der Waals surface area (Å²) >= 11 is 15.9. The smallest absolute Gasteiger partial charge is 0.333 e. The number of halogens is 3. The molecule has 0 aromatic heterocycles. The van der Waals surface area contributed by atoms with Crippen LogP contribution in [0.2, 0.25) is 0 Å². The highest BCUT2D eigenvalue weighted by Crippen LogP contribution is 2.27. The number of esters is 2. The Labute approximate surface area is 95.7 Å². The van der Waals surface area contributed by atoms with Crippen LogP contribution in [-0.4, -0.2) is 22.5 Å². The van der Waals surface area contributed by atoms with Gasteiger partial charge in [0.15, 0.2) is 0 Å². The Morgan fingerprint density at radius 1 is 1.29 bits per heavy atom. The molecular weight excluding hydrogens is 254 g/mol. The fourth-order valence-electron chi connectivity index (χ4n) is 0.381. The molecule has 0 aromatic carbocycles. The van der Waals surface area contributed by atoms with Gasteiger partial charge < -0.3 is 9.47 Å². The molecule has 0 heterocycles. The summed E-state index contributed by atoms with van der Waals surface area (Å²) in [5.74, 6) is -1.32. The zero-order valence-corrected chi connectivity index (χ0v) is 9.40. The largest absolute Gasteiger partial charge is 0.428 e. The molecule has 0 radical (unpaired) electrons. The third kappa shape index (κ3) is 9.64. The Kier molecular flexibility index (Phi) is 5.92. The first kappa shape index (κ1) is 13.5. The second-order valence-electron chi connectivity index (χ2n) is 2.09. The zero-order chi connectivity index (χ0) is 11.2. The predicted octanol–water partition coefficient (Wildman–Crippen LogP) is 1.98. The Morgan fingerprint density at radius 2 is 1.86 bits per heavy atom. The third-order valence-corrected chi connectivity index (χ3v) is 1.25. The van der Waals surface area contributed by atoms with Crippen LogP contribution < -0.4 is 0 Å². The van der Waals surface area contributed by atoms with E-state index < -0.39 is 22.5 Å². The summed E-state index contributed by atoms with van der Waals surface area (Å²) in [5.41, 5.74) is 0. The minimum atomic E-state index is -1.65. The molecule has 0 N–H and O–H groups in total. The molecule has 14 heavy (non-hydrogen) atoms. The molecule has 0 aromatic rings.